The maximum atomic E-state index is 11.9. The van der Waals surface area contributed by atoms with E-state index in [1.54, 1.807) is 6.08 Å². The van der Waals surface area contributed by atoms with Gasteiger partial charge in [0.05, 0.1) is 15.5 Å². The van der Waals surface area contributed by atoms with Crippen molar-refractivity contribution in [3.63, 3.8) is 0 Å². The summed E-state index contributed by atoms with van der Waals surface area (Å²) in [5.74, 6) is -0.723. The third-order valence-electron chi connectivity index (χ3n) is 2.33. The lowest BCUT2D eigenvalue weighted by Crippen LogP contribution is -2.29. The van der Waals surface area contributed by atoms with Gasteiger partial charge in [0.2, 0.25) is 0 Å². The summed E-state index contributed by atoms with van der Waals surface area (Å²) in [7, 11) is -3.99. The van der Waals surface area contributed by atoms with Crippen molar-refractivity contribution in [2.24, 2.45) is 0 Å². The van der Waals surface area contributed by atoms with Crippen molar-refractivity contribution in [3.05, 3.63) is 40.9 Å². The molecule has 20 heavy (non-hydrogen) atoms. The van der Waals surface area contributed by atoms with Gasteiger partial charge in [-0.15, -0.1) is 0 Å². The largest absolute Gasteiger partial charge is 0.269 e. The Morgan fingerprint density at radius 2 is 2.20 bits per heavy atom. The van der Waals surface area contributed by atoms with Gasteiger partial charge in [0.15, 0.2) is 0 Å². The summed E-state index contributed by atoms with van der Waals surface area (Å²) in [5.41, 5.74) is 0.166. The van der Waals surface area contributed by atoms with E-state index in [2.05, 4.69) is 0 Å². The lowest BCUT2D eigenvalue weighted by Gasteiger charge is -2.05. The van der Waals surface area contributed by atoms with Crippen LogP contribution in [0.1, 0.15) is 25.3 Å². The second kappa shape index (κ2) is 7.08. The lowest BCUT2D eigenvalue weighted by atomic mass is 10.2. The first-order valence-corrected chi connectivity index (χ1v) is 7.69. The van der Waals surface area contributed by atoms with Crippen LogP contribution in [0.3, 0.4) is 0 Å². The predicted octanol–water partition coefficient (Wildman–Crippen LogP) is 2.37. The van der Waals surface area contributed by atoms with Crippen molar-refractivity contribution >= 4 is 27.5 Å². The second-order valence-corrected chi connectivity index (χ2v) is 6.00. The maximum absolute atomic E-state index is 11.9. The third-order valence-corrected chi connectivity index (χ3v) is 3.99. The van der Waals surface area contributed by atoms with Gasteiger partial charge >= 0.3 is 0 Å². The van der Waals surface area contributed by atoms with Crippen LogP contribution in [0.15, 0.2) is 35.2 Å². The van der Waals surface area contributed by atoms with Crippen molar-refractivity contribution < 1.29 is 13.2 Å². The van der Waals surface area contributed by atoms with Crippen molar-refractivity contribution in [3.8, 4) is 6.07 Å². The van der Waals surface area contributed by atoms with Crippen LogP contribution < -0.4 is 4.72 Å². The van der Waals surface area contributed by atoms with Crippen LogP contribution >= 0.6 is 11.6 Å². The number of hydrogen-bond acceptors (Lipinski definition) is 4. The molecule has 0 aromatic heterocycles. The van der Waals surface area contributed by atoms with E-state index >= 15 is 0 Å². The molecule has 5 nitrogen and oxygen atoms in total. The Bertz CT molecular complexity index is 675. The van der Waals surface area contributed by atoms with Gasteiger partial charge in [0.25, 0.3) is 15.9 Å². The van der Waals surface area contributed by atoms with Gasteiger partial charge in [-0.25, -0.2) is 13.1 Å². The first-order chi connectivity index (χ1) is 9.40. The number of nitrogens with zero attached hydrogens (tertiary/aromatic N) is 1. The molecule has 0 saturated carbocycles. The Balaban J connectivity index is 2.92. The van der Waals surface area contributed by atoms with Crippen LogP contribution in [-0.2, 0) is 14.8 Å². The zero-order valence-electron chi connectivity index (χ0n) is 10.8. The molecule has 0 spiro atoms. The Morgan fingerprint density at radius 1 is 1.50 bits per heavy atom. The van der Waals surface area contributed by atoms with Crippen molar-refractivity contribution in [2.75, 3.05) is 0 Å². The lowest BCUT2D eigenvalue weighted by molar-refractivity contribution is -0.114. The molecule has 0 bridgehead atoms. The number of benzene rings is 1. The van der Waals surface area contributed by atoms with Crippen molar-refractivity contribution in [1.82, 2.24) is 4.72 Å². The van der Waals surface area contributed by atoms with E-state index in [0.29, 0.717) is 6.42 Å². The average Bonchev–Trinajstić information content (AvgIpc) is 2.38. The zero-order valence-corrected chi connectivity index (χ0v) is 12.3. The number of unbranched alkanes of at least 4 members (excludes halogenated alkanes) is 1. The van der Waals surface area contributed by atoms with Gasteiger partial charge in [-0.1, -0.05) is 31.0 Å². The summed E-state index contributed by atoms with van der Waals surface area (Å²) in [6.07, 6.45) is 4.32. The van der Waals surface area contributed by atoms with Crippen LogP contribution in [0.2, 0.25) is 5.02 Å². The van der Waals surface area contributed by atoms with Gasteiger partial charge in [-0.3, -0.25) is 4.79 Å². The first kappa shape index (κ1) is 16.2. The Hall–Kier alpha value is -1.84. The molecule has 0 heterocycles. The maximum Gasteiger partial charge on any atom is 0.264 e. The summed E-state index contributed by atoms with van der Waals surface area (Å²) < 4.78 is 25.7. The van der Waals surface area contributed by atoms with Crippen LogP contribution in [0.25, 0.3) is 0 Å². The highest BCUT2D eigenvalue weighted by Crippen LogP contribution is 2.19. The molecule has 0 fully saturated rings. The third kappa shape index (κ3) is 4.37. The summed E-state index contributed by atoms with van der Waals surface area (Å²) >= 11 is 5.76. The molecule has 1 aromatic carbocycles. The molecule has 0 aliphatic heterocycles. The predicted molar refractivity (Wildman–Crippen MR) is 75.5 cm³/mol. The van der Waals surface area contributed by atoms with E-state index in [9.17, 15) is 13.2 Å². The van der Waals surface area contributed by atoms with E-state index in [1.165, 1.54) is 18.2 Å². The average molecular weight is 313 g/mol. The molecule has 1 rings (SSSR count). The number of halogens is 1. The normalized spacial score (nSPS) is 11.2. The summed E-state index contributed by atoms with van der Waals surface area (Å²) in [4.78, 5) is 11.3. The SMILES string of the molecule is CCCC=CC(=O)NS(=O)(=O)c1ccc(C#N)c(Cl)c1. The molecule has 106 valence electrons. The molecule has 0 unspecified atom stereocenters. The van der Waals surface area contributed by atoms with Gasteiger partial charge in [0.1, 0.15) is 6.07 Å². The molecule has 1 aromatic rings. The number of carbonyl (C=O) groups is 1. The zero-order chi connectivity index (χ0) is 15.2. The Labute approximate surface area is 122 Å². The first-order valence-electron chi connectivity index (χ1n) is 5.83. The number of carbonyl (C=O) groups excluding carboxylic acids is 1. The monoisotopic (exact) mass is 312 g/mol. The smallest absolute Gasteiger partial charge is 0.264 e. The summed E-state index contributed by atoms with van der Waals surface area (Å²) in [5, 5.41) is 8.73. The summed E-state index contributed by atoms with van der Waals surface area (Å²) in [6.45, 7) is 1.94. The molecule has 1 N–H and O–H groups in total. The van der Waals surface area contributed by atoms with Crippen LogP contribution in [0, 0.1) is 11.3 Å². The molecule has 0 aliphatic carbocycles. The molecule has 0 atom stereocenters. The quantitative estimate of drug-likeness (QED) is 0.846. The van der Waals surface area contributed by atoms with Crippen LogP contribution in [0.4, 0.5) is 0 Å². The topological polar surface area (TPSA) is 87.0 Å². The van der Waals surface area contributed by atoms with Crippen molar-refractivity contribution in [2.45, 2.75) is 24.7 Å². The highest BCUT2D eigenvalue weighted by atomic mass is 35.5. The minimum Gasteiger partial charge on any atom is -0.269 e. The number of amides is 1. The fourth-order valence-electron chi connectivity index (χ4n) is 1.34. The molecular formula is C13H13ClN2O3S. The van der Waals surface area contributed by atoms with E-state index in [1.807, 2.05) is 17.7 Å². The van der Waals surface area contributed by atoms with Gasteiger partial charge < -0.3 is 0 Å². The van der Waals surface area contributed by atoms with E-state index in [0.717, 1.165) is 12.5 Å². The van der Waals surface area contributed by atoms with E-state index in [-0.39, 0.29) is 15.5 Å². The van der Waals surface area contributed by atoms with Crippen molar-refractivity contribution in [1.29, 1.82) is 5.26 Å². The minimum absolute atomic E-state index is 0.0179. The summed E-state index contributed by atoms with van der Waals surface area (Å²) in [6, 6.07) is 5.46. The highest BCUT2D eigenvalue weighted by molar-refractivity contribution is 7.90. The van der Waals surface area contributed by atoms with Gasteiger partial charge in [-0.05, 0) is 30.7 Å². The number of hydrogen-bond donors (Lipinski definition) is 1. The molecule has 0 aliphatic rings. The molecule has 1 amide bonds. The van der Waals surface area contributed by atoms with E-state index in [4.69, 9.17) is 16.9 Å². The number of nitriles is 1. The number of nitrogens with one attached hydrogen (secondary N) is 1. The Kier molecular flexibility index (Phi) is 5.74. The van der Waals surface area contributed by atoms with Crippen LogP contribution in [-0.4, -0.2) is 14.3 Å². The number of allylic oxidation sites excluding steroid dienone is 1. The molecule has 0 saturated heterocycles. The Morgan fingerprint density at radius 3 is 2.75 bits per heavy atom. The minimum atomic E-state index is -3.99. The second-order valence-electron chi connectivity index (χ2n) is 3.91. The fourth-order valence-corrected chi connectivity index (χ4v) is 2.59. The number of sulfonamides is 1. The molecule has 0 radical (unpaired) electrons. The molecular weight excluding hydrogens is 300 g/mol. The fraction of sp³-hybridized carbons (Fsp3) is 0.231. The van der Waals surface area contributed by atoms with Crippen LogP contribution in [0.5, 0.6) is 0 Å². The van der Waals surface area contributed by atoms with Gasteiger partial charge in [-0.2, -0.15) is 5.26 Å². The standard InChI is InChI=1S/C13H13ClN2O3S/c1-2-3-4-5-13(17)16-20(18,19)11-7-6-10(9-15)12(14)8-11/h4-8H,2-3H2,1H3,(H,16,17). The van der Waals surface area contributed by atoms with Gasteiger partial charge in [0, 0.05) is 0 Å². The highest BCUT2D eigenvalue weighted by Gasteiger charge is 2.17. The molecule has 7 heteroatoms. The number of rotatable bonds is 5. The van der Waals surface area contributed by atoms with E-state index < -0.39 is 15.9 Å².